The van der Waals surface area contributed by atoms with Gasteiger partial charge in [-0.2, -0.15) is 5.10 Å². The van der Waals surface area contributed by atoms with E-state index in [1.807, 2.05) is 13.8 Å². The van der Waals surface area contributed by atoms with Gasteiger partial charge in [-0.05, 0) is 26.7 Å². The second-order valence-corrected chi connectivity index (χ2v) is 5.00. The number of carbonyl (C=O) groups is 1. The number of ether oxygens (including phenoxy) is 1. The minimum Gasteiger partial charge on any atom is -0.476 e. The number of anilines is 1. The molecule has 3 N–H and O–H groups in total. The van der Waals surface area contributed by atoms with Crippen molar-refractivity contribution in [1.29, 1.82) is 0 Å². The SMILES string of the molecule is CC1(C)CCC(Cn2cc(N)c(C(=O)O)n2)O1. The summed E-state index contributed by atoms with van der Waals surface area (Å²) in [6, 6.07) is 0. The van der Waals surface area contributed by atoms with Crippen LogP contribution in [0.5, 0.6) is 0 Å². The Balaban J connectivity index is 2.05. The van der Waals surface area contributed by atoms with Crippen LogP contribution < -0.4 is 5.73 Å². The predicted octanol–water partition coefficient (Wildman–Crippen LogP) is 1.12. The zero-order valence-corrected chi connectivity index (χ0v) is 10.0. The normalized spacial score (nSPS) is 22.8. The van der Waals surface area contributed by atoms with Crippen molar-refractivity contribution in [3.8, 4) is 0 Å². The third kappa shape index (κ3) is 2.58. The minimum absolute atomic E-state index is 0.0749. The van der Waals surface area contributed by atoms with Crippen LogP contribution in [-0.4, -0.2) is 32.6 Å². The quantitative estimate of drug-likeness (QED) is 0.824. The Kier molecular flexibility index (Phi) is 2.82. The van der Waals surface area contributed by atoms with E-state index < -0.39 is 5.97 Å². The van der Waals surface area contributed by atoms with Crippen molar-refractivity contribution < 1.29 is 14.6 Å². The van der Waals surface area contributed by atoms with E-state index in [-0.39, 0.29) is 23.1 Å². The number of carboxylic acids is 1. The Morgan fingerprint density at radius 2 is 2.47 bits per heavy atom. The molecule has 6 nitrogen and oxygen atoms in total. The van der Waals surface area contributed by atoms with Gasteiger partial charge >= 0.3 is 5.97 Å². The van der Waals surface area contributed by atoms with Crippen molar-refractivity contribution in [3.63, 3.8) is 0 Å². The number of nitrogens with zero attached hydrogens (tertiary/aromatic N) is 2. The molecule has 1 aliphatic rings. The summed E-state index contributed by atoms with van der Waals surface area (Å²) in [4.78, 5) is 10.8. The number of aromatic carboxylic acids is 1. The van der Waals surface area contributed by atoms with Crippen LogP contribution in [0.15, 0.2) is 6.20 Å². The van der Waals surface area contributed by atoms with Crippen molar-refractivity contribution in [2.75, 3.05) is 5.73 Å². The first-order valence-corrected chi connectivity index (χ1v) is 5.61. The lowest BCUT2D eigenvalue weighted by Gasteiger charge is -2.19. The number of nitrogen functional groups attached to an aromatic ring is 1. The standard InChI is InChI=1S/C11H17N3O3/c1-11(2)4-3-7(17-11)5-14-6-8(12)9(13-14)10(15)16/h6-7H,3-5,12H2,1-2H3,(H,15,16). The first-order chi connectivity index (χ1) is 7.87. The highest BCUT2D eigenvalue weighted by molar-refractivity contribution is 5.91. The number of nitrogens with two attached hydrogens (primary N) is 1. The molecule has 6 heteroatoms. The van der Waals surface area contributed by atoms with Gasteiger partial charge in [-0.1, -0.05) is 0 Å². The Bertz CT molecular complexity index is 439. The zero-order chi connectivity index (χ0) is 12.6. The van der Waals surface area contributed by atoms with Gasteiger partial charge in [0.05, 0.1) is 23.9 Å². The van der Waals surface area contributed by atoms with E-state index in [1.165, 1.54) is 6.20 Å². The molecule has 1 aromatic rings. The third-order valence-corrected chi connectivity index (χ3v) is 2.94. The fraction of sp³-hybridized carbons (Fsp3) is 0.636. The summed E-state index contributed by atoms with van der Waals surface area (Å²) < 4.78 is 7.36. The Labute approximate surface area is 99.4 Å². The summed E-state index contributed by atoms with van der Waals surface area (Å²) in [5.74, 6) is -1.10. The molecule has 0 radical (unpaired) electrons. The van der Waals surface area contributed by atoms with Crippen LogP contribution in [-0.2, 0) is 11.3 Å². The highest BCUT2D eigenvalue weighted by atomic mass is 16.5. The number of hydrogen-bond acceptors (Lipinski definition) is 4. The zero-order valence-electron chi connectivity index (χ0n) is 10.0. The first-order valence-electron chi connectivity index (χ1n) is 5.61. The van der Waals surface area contributed by atoms with Crippen molar-refractivity contribution in [1.82, 2.24) is 9.78 Å². The van der Waals surface area contributed by atoms with Crippen LogP contribution in [0.3, 0.4) is 0 Å². The second kappa shape index (κ2) is 4.03. The molecule has 1 atom stereocenters. The summed E-state index contributed by atoms with van der Waals surface area (Å²) in [5.41, 5.74) is 5.56. The van der Waals surface area contributed by atoms with Gasteiger partial charge in [0.1, 0.15) is 0 Å². The van der Waals surface area contributed by atoms with Crippen LogP contribution in [0.2, 0.25) is 0 Å². The summed E-state index contributed by atoms with van der Waals surface area (Å²) in [6.07, 6.45) is 3.57. The van der Waals surface area contributed by atoms with Crippen LogP contribution in [0.1, 0.15) is 37.2 Å². The van der Waals surface area contributed by atoms with E-state index in [1.54, 1.807) is 4.68 Å². The lowest BCUT2D eigenvalue weighted by atomic mass is 10.1. The maximum atomic E-state index is 10.8. The topological polar surface area (TPSA) is 90.4 Å². The Hall–Kier alpha value is -1.56. The molecule has 1 fully saturated rings. The van der Waals surface area contributed by atoms with E-state index >= 15 is 0 Å². The predicted molar refractivity (Wildman–Crippen MR) is 61.8 cm³/mol. The summed E-state index contributed by atoms with van der Waals surface area (Å²) in [6.45, 7) is 4.64. The third-order valence-electron chi connectivity index (χ3n) is 2.94. The summed E-state index contributed by atoms with van der Waals surface area (Å²) >= 11 is 0. The average molecular weight is 239 g/mol. The molecule has 1 unspecified atom stereocenters. The molecule has 0 aliphatic carbocycles. The molecule has 2 heterocycles. The first kappa shape index (κ1) is 11.9. The number of aromatic nitrogens is 2. The molecular weight excluding hydrogens is 222 g/mol. The highest BCUT2D eigenvalue weighted by Gasteiger charge is 2.32. The molecule has 1 saturated heterocycles. The minimum atomic E-state index is -1.10. The van der Waals surface area contributed by atoms with E-state index in [4.69, 9.17) is 15.6 Å². The number of rotatable bonds is 3. The molecule has 2 rings (SSSR count). The number of carboxylic acid groups (broad SMARTS) is 1. The lowest BCUT2D eigenvalue weighted by Crippen LogP contribution is -2.23. The van der Waals surface area contributed by atoms with Gasteiger partial charge in [-0.3, -0.25) is 4.68 Å². The van der Waals surface area contributed by atoms with E-state index in [9.17, 15) is 4.79 Å². The molecule has 0 aromatic carbocycles. The van der Waals surface area contributed by atoms with E-state index in [0.29, 0.717) is 6.54 Å². The molecule has 0 saturated carbocycles. The highest BCUT2D eigenvalue weighted by Crippen LogP contribution is 2.30. The molecule has 0 bridgehead atoms. The molecule has 1 aliphatic heterocycles. The Morgan fingerprint density at radius 3 is 2.94 bits per heavy atom. The largest absolute Gasteiger partial charge is 0.476 e. The average Bonchev–Trinajstić information content (AvgIpc) is 2.70. The van der Waals surface area contributed by atoms with E-state index in [0.717, 1.165) is 12.8 Å². The lowest BCUT2D eigenvalue weighted by molar-refractivity contribution is -0.0230. The molecular formula is C11H17N3O3. The van der Waals surface area contributed by atoms with Crippen LogP contribution >= 0.6 is 0 Å². The smallest absolute Gasteiger partial charge is 0.358 e. The van der Waals surface area contributed by atoms with Crippen LogP contribution in [0, 0.1) is 0 Å². The van der Waals surface area contributed by atoms with Gasteiger partial charge in [0.2, 0.25) is 0 Å². The molecule has 0 amide bonds. The monoisotopic (exact) mass is 239 g/mol. The van der Waals surface area contributed by atoms with Gasteiger partial charge in [0.15, 0.2) is 5.69 Å². The van der Waals surface area contributed by atoms with Crippen LogP contribution in [0.25, 0.3) is 0 Å². The fourth-order valence-electron chi connectivity index (χ4n) is 2.11. The van der Waals surface area contributed by atoms with Gasteiger partial charge in [-0.25, -0.2) is 4.79 Å². The van der Waals surface area contributed by atoms with E-state index in [2.05, 4.69) is 5.10 Å². The molecule has 1 aromatic heterocycles. The fourth-order valence-corrected chi connectivity index (χ4v) is 2.11. The van der Waals surface area contributed by atoms with Gasteiger partial charge in [0, 0.05) is 6.20 Å². The maximum Gasteiger partial charge on any atom is 0.358 e. The van der Waals surface area contributed by atoms with Crippen molar-refractivity contribution in [2.45, 2.75) is 44.9 Å². The Morgan fingerprint density at radius 1 is 1.76 bits per heavy atom. The van der Waals surface area contributed by atoms with Crippen molar-refractivity contribution in [2.24, 2.45) is 0 Å². The van der Waals surface area contributed by atoms with Gasteiger partial charge in [0.25, 0.3) is 0 Å². The molecule has 17 heavy (non-hydrogen) atoms. The molecule has 94 valence electrons. The van der Waals surface area contributed by atoms with Crippen LogP contribution in [0.4, 0.5) is 5.69 Å². The van der Waals surface area contributed by atoms with Gasteiger partial charge < -0.3 is 15.6 Å². The maximum absolute atomic E-state index is 10.8. The second-order valence-electron chi connectivity index (χ2n) is 5.00. The summed E-state index contributed by atoms with van der Waals surface area (Å²) in [7, 11) is 0. The van der Waals surface area contributed by atoms with Gasteiger partial charge in [-0.15, -0.1) is 0 Å². The van der Waals surface area contributed by atoms with Crippen molar-refractivity contribution >= 4 is 11.7 Å². The van der Waals surface area contributed by atoms with Crippen molar-refractivity contribution in [3.05, 3.63) is 11.9 Å². The summed E-state index contributed by atoms with van der Waals surface area (Å²) in [5, 5.41) is 12.8. The number of hydrogen-bond donors (Lipinski definition) is 2. The molecule has 0 spiro atoms.